The Morgan fingerprint density at radius 1 is 1.18 bits per heavy atom. The zero-order valence-electron chi connectivity index (χ0n) is 19.7. The van der Waals surface area contributed by atoms with Crippen LogP contribution < -0.4 is 10.5 Å². The average Bonchev–Trinajstić information content (AvgIpc) is 3.16. The number of rotatable bonds is 6. The molecule has 34 heavy (non-hydrogen) atoms. The van der Waals surface area contributed by atoms with E-state index in [1.165, 1.54) is 6.92 Å². The van der Waals surface area contributed by atoms with Crippen LogP contribution in [0.5, 0.6) is 5.88 Å². The molecular weight excluding hydrogens is 434 g/mol. The van der Waals surface area contributed by atoms with Crippen LogP contribution in [0, 0.1) is 6.92 Å². The first-order valence-electron chi connectivity index (χ1n) is 11.3. The lowest BCUT2D eigenvalue weighted by molar-refractivity contribution is -0.140. The Morgan fingerprint density at radius 2 is 1.97 bits per heavy atom. The van der Waals surface area contributed by atoms with Crippen LogP contribution in [0.1, 0.15) is 42.1 Å². The zero-order chi connectivity index (χ0) is 24.4. The van der Waals surface area contributed by atoms with Gasteiger partial charge in [0, 0.05) is 56.3 Å². The highest BCUT2D eigenvalue weighted by atomic mass is 16.5. The Labute approximate surface area is 198 Å². The fourth-order valence-corrected chi connectivity index (χ4v) is 4.31. The van der Waals surface area contributed by atoms with E-state index in [9.17, 15) is 14.4 Å². The molecule has 1 saturated heterocycles. The molecule has 2 aliphatic heterocycles. The van der Waals surface area contributed by atoms with Crippen molar-refractivity contribution in [2.45, 2.75) is 45.7 Å². The van der Waals surface area contributed by atoms with Crippen LogP contribution in [0.2, 0.25) is 0 Å². The first kappa shape index (κ1) is 23.4. The number of Topliss-reactive ketones (excluding diaryl/α,β-unsaturated/α-hetero) is 1. The normalized spacial score (nSPS) is 18.4. The summed E-state index contributed by atoms with van der Waals surface area (Å²) in [4.78, 5) is 48.9. The molecule has 4 heterocycles. The maximum atomic E-state index is 12.9. The van der Waals surface area contributed by atoms with E-state index in [4.69, 9.17) is 10.5 Å². The van der Waals surface area contributed by atoms with Gasteiger partial charge in [0.05, 0.1) is 11.3 Å². The van der Waals surface area contributed by atoms with Crippen LogP contribution in [0.25, 0.3) is 5.70 Å². The van der Waals surface area contributed by atoms with Gasteiger partial charge in [0.15, 0.2) is 5.78 Å². The number of pyridine rings is 2. The Bertz CT molecular complexity index is 1160. The van der Waals surface area contributed by atoms with Crippen molar-refractivity contribution in [2.75, 3.05) is 20.2 Å². The van der Waals surface area contributed by atoms with Crippen LogP contribution in [-0.2, 0) is 27.3 Å². The fraction of sp³-hybridized carbons (Fsp3) is 0.400. The molecule has 0 radical (unpaired) electrons. The third kappa shape index (κ3) is 4.78. The van der Waals surface area contributed by atoms with Crippen LogP contribution in [0.3, 0.4) is 0 Å². The van der Waals surface area contributed by atoms with Crippen molar-refractivity contribution in [1.29, 1.82) is 0 Å². The second-order valence-electron chi connectivity index (χ2n) is 8.79. The molecule has 2 aromatic rings. The molecule has 2 aliphatic rings. The molecule has 0 bridgehead atoms. The van der Waals surface area contributed by atoms with Gasteiger partial charge in [-0.2, -0.15) is 0 Å². The van der Waals surface area contributed by atoms with Crippen molar-refractivity contribution >= 4 is 23.3 Å². The minimum absolute atomic E-state index is 0.00646. The standard InChI is InChI=1S/C25H29N5O4/c1-15-4-5-18(11-27-15)24(26)20(16(2)31)14-34-22-10-17-8-9-30(13-19(17)12-28-22)25(33)21-6-7-23(32)29(21)3/h4-5,10-12,21H,6-9,13-14,26H2,1-3H3. The number of nitrogens with two attached hydrogens (primary N) is 1. The minimum Gasteiger partial charge on any atom is -0.473 e. The number of aromatic nitrogens is 2. The predicted octanol–water partition coefficient (Wildman–Crippen LogP) is 1.63. The molecule has 4 rings (SSSR count). The number of amides is 2. The second kappa shape index (κ2) is 9.62. The van der Waals surface area contributed by atoms with Crippen LogP contribution in [0.15, 0.2) is 36.2 Å². The number of carbonyl (C=O) groups is 3. The maximum Gasteiger partial charge on any atom is 0.245 e. The van der Waals surface area contributed by atoms with Gasteiger partial charge in [-0.3, -0.25) is 19.4 Å². The van der Waals surface area contributed by atoms with Gasteiger partial charge in [-0.15, -0.1) is 0 Å². The van der Waals surface area contributed by atoms with E-state index in [0.29, 0.717) is 55.1 Å². The molecule has 178 valence electrons. The Kier molecular flexibility index (Phi) is 6.63. The fourth-order valence-electron chi connectivity index (χ4n) is 4.31. The zero-order valence-corrected chi connectivity index (χ0v) is 19.7. The highest BCUT2D eigenvalue weighted by molar-refractivity contribution is 6.00. The SMILES string of the molecule is CC(=O)C(COc1cc2c(cn1)CN(C(=O)C1CCC(=O)N1C)CC2)=C(N)c1ccc(C)nc1. The third-order valence-corrected chi connectivity index (χ3v) is 6.50. The summed E-state index contributed by atoms with van der Waals surface area (Å²) in [5.41, 5.74) is 10.5. The first-order valence-corrected chi connectivity index (χ1v) is 11.3. The maximum absolute atomic E-state index is 12.9. The van der Waals surface area contributed by atoms with Crippen molar-refractivity contribution in [1.82, 2.24) is 19.8 Å². The number of likely N-dealkylation sites (tertiary alicyclic amines) is 1. The van der Waals surface area contributed by atoms with Crippen molar-refractivity contribution in [3.05, 3.63) is 58.6 Å². The summed E-state index contributed by atoms with van der Waals surface area (Å²) in [6.07, 6.45) is 4.99. The molecule has 1 fully saturated rings. The molecule has 2 aromatic heterocycles. The van der Waals surface area contributed by atoms with Gasteiger partial charge in [-0.1, -0.05) is 0 Å². The van der Waals surface area contributed by atoms with Gasteiger partial charge in [0.2, 0.25) is 17.7 Å². The molecule has 1 atom stereocenters. The molecule has 0 aromatic carbocycles. The summed E-state index contributed by atoms with van der Waals surface area (Å²) in [6.45, 7) is 4.34. The number of carbonyl (C=O) groups excluding carboxylic acids is 3. The minimum atomic E-state index is -0.379. The lowest BCUT2D eigenvalue weighted by atomic mass is 10.0. The Balaban J connectivity index is 1.44. The van der Waals surface area contributed by atoms with Gasteiger partial charge >= 0.3 is 0 Å². The quantitative estimate of drug-likeness (QED) is 0.647. The van der Waals surface area contributed by atoms with Gasteiger partial charge in [-0.25, -0.2) is 4.98 Å². The van der Waals surface area contributed by atoms with E-state index in [1.54, 1.807) is 29.2 Å². The monoisotopic (exact) mass is 463 g/mol. The highest BCUT2D eigenvalue weighted by Crippen LogP contribution is 2.26. The van der Waals surface area contributed by atoms with E-state index in [1.807, 2.05) is 25.1 Å². The van der Waals surface area contributed by atoms with E-state index in [2.05, 4.69) is 9.97 Å². The average molecular weight is 464 g/mol. The summed E-state index contributed by atoms with van der Waals surface area (Å²) >= 11 is 0. The van der Waals surface area contributed by atoms with Crippen LogP contribution in [-0.4, -0.2) is 63.6 Å². The molecular formula is C25H29N5O4. The van der Waals surface area contributed by atoms with Gasteiger partial charge < -0.3 is 20.3 Å². The summed E-state index contributed by atoms with van der Waals surface area (Å²) in [6, 6.07) is 5.13. The summed E-state index contributed by atoms with van der Waals surface area (Å²) in [5.74, 6) is 0.211. The first-order chi connectivity index (χ1) is 16.2. The number of ether oxygens (including phenoxy) is 1. The van der Waals surface area contributed by atoms with E-state index < -0.39 is 0 Å². The summed E-state index contributed by atoms with van der Waals surface area (Å²) in [7, 11) is 1.69. The molecule has 2 amide bonds. The number of nitrogens with zero attached hydrogens (tertiary/aromatic N) is 4. The van der Waals surface area contributed by atoms with E-state index in [-0.39, 0.29) is 30.2 Å². The van der Waals surface area contributed by atoms with E-state index in [0.717, 1.165) is 16.8 Å². The number of ketones is 1. The topological polar surface area (TPSA) is 119 Å². The van der Waals surface area contributed by atoms with Gasteiger partial charge in [-0.05, 0) is 49.9 Å². The van der Waals surface area contributed by atoms with Crippen LogP contribution >= 0.6 is 0 Å². The number of fused-ring (bicyclic) bond motifs is 1. The molecule has 9 heteroatoms. The van der Waals surface area contributed by atoms with Crippen molar-refractivity contribution in [3.8, 4) is 5.88 Å². The third-order valence-electron chi connectivity index (χ3n) is 6.50. The largest absolute Gasteiger partial charge is 0.473 e. The van der Waals surface area contributed by atoms with Crippen molar-refractivity contribution < 1.29 is 19.1 Å². The smallest absolute Gasteiger partial charge is 0.245 e. The molecule has 0 saturated carbocycles. The van der Waals surface area contributed by atoms with Crippen LogP contribution in [0.4, 0.5) is 0 Å². The molecule has 0 aliphatic carbocycles. The van der Waals surface area contributed by atoms with Gasteiger partial charge in [0.1, 0.15) is 12.6 Å². The van der Waals surface area contributed by atoms with Gasteiger partial charge in [0.25, 0.3) is 0 Å². The Hall–Kier alpha value is -3.75. The number of hydrogen-bond acceptors (Lipinski definition) is 7. The molecule has 1 unspecified atom stereocenters. The predicted molar refractivity (Wildman–Crippen MR) is 125 cm³/mol. The molecule has 2 N–H and O–H groups in total. The lowest BCUT2D eigenvalue weighted by Gasteiger charge is -2.32. The number of aryl methyl sites for hydroxylation is 1. The molecule has 9 nitrogen and oxygen atoms in total. The van der Waals surface area contributed by atoms with Crippen molar-refractivity contribution in [3.63, 3.8) is 0 Å². The lowest BCUT2D eigenvalue weighted by Crippen LogP contribution is -2.47. The highest BCUT2D eigenvalue weighted by Gasteiger charge is 2.36. The van der Waals surface area contributed by atoms with Crippen molar-refractivity contribution in [2.24, 2.45) is 5.73 Å². The summed E-state index contributed by atoms with van der Waals surface area (Å²) < 4.78 is 5.83. The van der Waals surface area contributed by atoms with E-state index >= 15 is 0 Å². The Morgan fingerprint density at radius 3 is 2.62 bits per heavy atom. The summed E-state index contributed by atoms with van der Waals surface area (Å²) in [5, 5.41) is 0. The number of hydrogen-bond donors (Lipinski definition) is 1. The second-order valence-corrected chi connectivity index (χ2v) is 8.79. The number of likely N-dealkylation sites (N-methyl/N-ethyl adjacent to an activating group) is 1. The molecule has 0 spiro atoms.